The van der Waals surface area contributed by atoms with E-state index in [0.29, 0.717) is 15.8 Å². The largest absolute Gasteiger partial charge is 0.377 e. The number of carbonyl (C=O) groups excluding carboxylic acids is 1. The number of ether oxygens (including phenoxy) is 1. The van der Waals surface area contributed by atoms with Crippen molar-refractivity contribution < 1.29 is 9.53 Å². The van der Waals surface area contributed by atoms with Gasteiger partial charge in [-0.2, -0.15) is 0 Å². The minimum atomic E-state index is 0.0264. The quantitative estimate of drug-likeness (QED) is 0.764. The van der Waals surface area contributed by atoms with E-state index in [4.69, 9.17) is 27.9 Å². The lowest BCUT2D eigenvalue weighted by Gasteiger charge is -2.03. The predicted octanol–water partition coefficient (Wildman–Crippen LogP) is 3.30. The molecule has 0 bridgehead atoms. The van der Waals surface area contributed by atoms with Gasteiger partial charge < -0.3 is 4.74 Å². The highest BCUT2D eigenvalue weighted by atomic mass is 35.5. The van der Waals surface area contributed by atoms with Crippen LogP contribution in [0.1, 0.15) is 0 Å². The molecule has 0 fully saturated rings. The van der Waals surface area contributed by atoms with Gasteiger partial charge in [-0.1, -0.05) is 23.2 Å². The summed E-state index contributed by atoms with van der Waals surface area (Å²) in [5.41, 5.74) is 0. The van der Waals surface area contributed by atoms with E-state index in [-0.39, 0.29) is 12.4 Å². The van der Waals surface area contributed by atoms with Crippen molar-refractivity contribution in [2.24, 2.45) is 0 Å². The Morgan fingerprint density at radius 1 is 1.47 bits per heavy atom. The van der Waals surface area contributed by atoms with Crippen molar-refractivity contribution >= 4 is 40.7 Å². The normalized spacial score (nSPS) is 10.3. The standard InChI is InChI=1S/C10H10Cl2O2S/c1-14-5-8(13)6-15-10-4-7(11)2-3-9(10)12/h2-4H,5-6H2,1H3. The van der Waals surface area contributed by atoms with Crippen molar-refractivity contribution in [3.05, 3.63) is 28.2 Å². The van der Waals surface area contributed by atoms with E-state index in [9.17, 15) is 4.79 Å². The topological polar surface area (TPSA) is 26.3 Å². The van der Waals surface area contributed by atoms with Crippen LogP contribution in [0.5, 0.6) is 0 Å². The van der Waals surface area contributed by atoms with Crippen molar-refractivity contribution in [2.45, 2.75) is 4.90 Å². The van der Waals surface area contributed by atoms with Gasteiger partial charge in [0.2, 0.25) is 0 Å². The third kappa shape index (κ3) is 4.43. The maximum absolute atomic E-state index is 11.2. The summed E-state index contributed by atoms with van der Waals surface area (Å²) in [6.07, 6.45) is 0. The number of thioether (sulfide) groups is 1. The van der Waals surface area contributed by atoms with Crippen molar-refractivity contribution in [2.75, 3.05) is 19.5 Å². The first-order valence-electron chi connectivity index (χ1n) is 4.22. The zero-order valence-electron chi connectivity index (χ0n) is 8.13. The zero-order valence-corrected chi connectivity index (χ0v) is 10.5. The summed E-state index contributed by atoms with van der Waals surface area (Å²) in [5.74, 6) is 0.368. The number of methoxy groups -OCH3 is 1. The molecule has 0 N–H and O–H groups in total. The van der Waals surface area contributed by atoms with Crippen LogP contribution in [0.2, 0.25) is 10.0 Å². The van der Waals surface area contributed by atoms with Gasteiger partial charge in [0.15, 0.2) is 5.78 Å². The Balaban J connectivity index is 2.57. The Kier molecular flexibility index (Phi) is 5.47. The first kappa shape index (κ1) is 12.8. The van der Waals surface area contributed by atoms with Crippen molar-refractivity contribution in [3.63, 3.8) is 0 Å². The Morgan fingerprint density at radius 2 is 2.20 bits per heavy atom. The summed E-state index contributed by atoms with van der Waals surface area (Å²) in [6.45, 7) is 0.130. The molecule has 0 spiro atoms. The van der Waals surface area contributed by atoms with Gasteiger partial charge in [0.1, 0.15) is 6.61 Å². The van der Waals surface area contributed by atoms with Gasteiger partial charge >= 0.3 is 0 Å². The molecule has 0 aromatic heterocycles. The molecule has 0 aliphatic rings. The second-order valence-corrected chi connectivity index (χ2v) is 4.70. The van der Waals surface area contributed by atoms with E-state index in [1.54, 1.807) is 18.2 Å². The van der Waals surface area contributed by atoms with Gasteiger partial charge in [-0.05, 0) is 18.2 Å². The summed E-state index contributed by atoms with van der Waals surface area (Å²) in [4.78, 5) is 12.0. The zero-order chi connectivity index (χ0) is 11.3. The predicted molar refractivity (Wildman–Crippen MR) is 64.1 cm³/mol. The fraction of sp³-hybridized carbons (Fsp3) is 0.300. The Labute approximate surface area is 103 Å². The molecule has 0 unspecified atom stereocenters. The highest BCUT2D eigenvalue weighted by Gasteiger charge is 2.06. The molecular weight excluding hydrogens is 255 g/mol. The minimum Gasteiger partial charge on any atom is -0.377 e. The fourth-order valence-electron chi connectivity index (χ4n) is 0.949. The lowest BCUT2D eigenvalue weighted by molar-refractivity contribution is -0.120. The summed E-state index contributed by atoms with van der Waals surface area (Å²) in [7, 11) is 1.49. The van der Waals surface area contributed by atoms with Gasteiger partial charge in [0, 0.05) is 17.0 Å². The SMILES string of the molecule is COCC(=O)CSc1cc(Cl)ccc1Cl. The third-order valence-electron chi connectivity index (χ3n) is 1.59. The van der Waals surface area contributed by atoms with Crippen LogP contribution in [0.15, 0.2) is 23.1 Å². The van der Waals surface area contributed by atoms with E-state index in [0.717, 1.165) is 4.90 Å². The van der Waals surface area contributed by atoms with Crippen LogP contribution >= 0.6 is 35.0 Å². The molecule has 0 saturated heterocycles. The van der Waals surface area contributed by atoms with E-state index < -0.39 is 0 Å². The average molecular weight is 265 g/mol. The second-order valence-electron chi connectivity index (χ2n) is 2.84. The van der Waals surface area contributed by atoms with Crippen LogP contribution in [0, 0.1) is 0 Å². The molecule has 0 aliphatic heterocycles. The van der Waals surface area contributed by atoms with Crippen molar-refractivity contribution in [1.82, 2.24) is 0 Å². The van der Waals surface area contributed by atoms with Crippen LogP contribution in [0.3, 0.4) is 0 Å². The summed E-state index contributed by atoms with van der Waals surface area (Å²) >= 11 is 13.1. The molecular formula is C10H10Cl2O2S. The maximum atomic E-state index is 11.2. The first-order chi connectivity index (χ1) is 7.13. The van der Waals surface area contributed by atoms with Gasteiger partial charge in [-0.15, -0.1) is 11.8 Å². The fourth-order valence-corrected chi connectivity index (χ4v) is 2.28. The number of halogens is 2. The van der Waals surface area contributed by atoms with Gasteiger partial charge in [-0.3, -0.25) is 4.79 Å². The van der Waals surface area contributed by atoms with Gasteiger partial charge in [0.05, 0.1) is 10.8 Å². The number of rotatable bonds is 5. The molecule has 0 amide bonds. The molecule has 5 heteroatoms. The summed E-state index contributed by atoms with van der Waals surface area (Å²) < 4.78 is 4.72. The number of benzene rings is 1. The number of carbonyl (C=O) groups is 1. The molecule has 0 aliphatic carbocycles. The smallest absolute Gasteiger partial charge is 0.168 e. The molecule has 1 aromatic rings. The number of hydrogen-bond donors (Lipinski definition) is 0. The number of Topliss-reactive ketones (excluding diaryl/α,β-unsaturated/α-hetero) is 1. The molecule has 1 aromatic carbocycles. The minimum absolute atomic E-state index is 0.0264. The lowest BCUT2D eigenvalue weighted by atomic mass is 10.4. The Hall–Kier alpha value is -0.220. The molecule has 0 saturated carbocycles. The molecule has 82 valence electrons. The van der Waals surface area contributed by atoms with Gasteiger partial charge in [0.25, 0.3) is 0 Å². The lowest BCUT2D eigenvalue weighted by Crippen LogP contribution is -2.08. The second kappa shape index (κ2) is 6.38. The van der Waals surface area contributed by atoms with Crippen molar-refractivity contribution in [3.8, 4) is 0 Å². The van der Waals surface area contributed by atoms with Crippen LogP contribution < -0.4 is 0 Å². The highest BCUT2D eigenvalue weighted by molar-refractivity contribution is 8.00. The van der Waals surface area contributed by atoms with Crippen LogP contribution in [-0.4, -0.2) is 25.3 Å². The maximum Gasteiger partial charge on any atom is 0.168 e. The van der Waals surface area contributed by atoms with E-state index >= 15 is 0 Å². The summed E-state index contributed by atoms with van der Waals surface area (Å²) in [5, 5.41) is 1.22. The van der Waals surface area contributed by atoms with Crippen molar-refractivity contribution in [1.29, 1.82) is 0 Å². The first-order valence-corrected chi connectivity index (χ1v) is 5.96. The summed E-state index contributed by atoms with van der Waals surface area (Å²) in [6, 6.07) is 5.17. The monoisotopic (exact) mass is 264 g/mol. The Bertz CT molecular complexity index is 355. The molecule has 1 rings (SSSR count). The Morgan fingerprint density at radius 3 is 2.87 bits per heavy atom. The molecule has 0 heterocycles. The molecule has 0 radical (unpaired) electrons. The van der Waals surface area contributed by atoms with E-state index in [2.05, 4.69) is 0 Å². The van der Waals surface area contributed by atoms with Gasteiger partial charge in [-0.25, -0.2) is 0 Å². The molecule has 15 heavy (non-hydrogen) atoms. The van der Waals surface area contributed by atoms with E-state index in [1.807, 2.05) is 0 Å². The third-order valence-corrected chi connectivity index (χ3v) is 3.38. The number of hydrogen-bond acceptors (Lipinski definition) is 3. The molecule has 2 nitrogen and oxygen atoms in total. The highest BCUT2D eigenvalue weighted by Crippen LogP contribution is 2.29. The molecule has 0 atom stereocenters. The average Bonchev–Trinajstić information content (AvgIpc) is 2.20. The number of ketones is 1. The van der Waals surface area contributed by atoms with E-state index in [1.165, 1.54) is 18.9 Å². The van der Waals surface area contributed by atoms with Crippen LogP contribution in [0.4, 0.5) is 0 Å². The van der Waals surface area contributed by atoms with Crippen LogP contribution in [0.25, 0.3) is 0 Å². The van der Waals surface area contributed by atoms with Crippen LogP contribution in [-0.2, 0) is 9.53 Å².